The number of thioether (sulfide) groups is 1. The van der Waals surface area contributed by atoms with Gasteiger partial charge in [0.1, 0.15) is 10.9 Å². The van der Waals surface area contributed by atoms with Crippen LogP contribution in [0.1, 0.15) is 19.8 Å². The Kier molecular flexibility index (Phi) is 5.42. The van der Waals surface area contributed by atoms with E-state index in [1.54, 1.807) is 0 Å². The molecular weight excluding hydrogens is 282 g/mol. The molecule has 0 saturated carbocycles. The lowest BCUT2D eigenvalue weighted by Gasteiger charge is -2.10. The molecule has 1 aliphatic heterocycles. The van der Waals surface area contributed by atoms with E-state index in [0.717, 1.165) is 35.1 Å². The van der Waals surface area contributed by atoms with E-state index in [-0.39, 0.29) is 12.5 Å². The number of hydrogen-bond acceptors (Lipinski definition) is 4. The van der Waals surface area contributed by atoms with E-state index in [1.807, 2.05) is 6.92 Å². The predicted octanol–water partition coefficient (Wildman–Crippen LogP) is 2.22. The first-order valence-electron chi connectivity index (χ1n) is 4.98. The molecule has 0 unspecified atom stereocenters. The molecule has 0 bridgehead atoms. The zero-order valence-electron chi connectivity index (χ0n) is 9.23. The minimum atomic E-state index is -1.07. The van der Waals surface area contributed by atoms with Crippen LogP contribution in [0.2, 0.25) is 0 Å². The van der Waals surface area contributed by atoms with Crippen molar-refractivity contribution in [2.45, 2.75) is 19.8 Å². The van der Waals surface area contributed by atoms with Crippen LogP contribution in [-0.4, -0.2) is 38.6 Å². The molecule has 7 heteroatoms. The lowest BCUT2D eigenvalue weighted by molar-refractivity contribution is -0.140. The van der Waals surface area contributed by atoms with Crippen molar-refractivity contribution in [2.24, 2.45) is 0 Å². The second kappa shape index (κ2) is 6.37. The standard InChI is InChI=1S/C10H12ClNO3S2/c1-6(3-2-4-11)8-9(15)12(5-7(13)14)10(16)17-8/h2-5H2,1H3,(H,13,14)/b8-6-. The Morgan fingerprint density at radius 3 is 2.76 bits per heavy atom. The van der Waals surface area contributed by atoms with Gasteiger partial charge < -0.3 is 5.11 Å². The lowest BCUT2D eigenvalue weighted by Crippen LogP contribution is -2.33. The summed E-state index contributed by atoms with van der Waals surface area (Å²) in [5, 5.41) is 8.68. The molecule has 17 heavy (non-hydrogen) atoms. The summed E-state index contributed by atoms with van der Waals surface area (Å²) >= 11 is 11.7. The molecule has 4 nitrogen and oxygen atoms in total. The highest BCUT2D eigenvalue weighted by Crippen LogP contribution is 2.34. The number of rotatable bonds is 5. The van der Waals surface area contributed by atoms with Crippen LogP contribution in [0.15, 0.2) is 10.5 Å². The van der Waals surface area contributed by atoms with Gasteiger partial charge in [-0.1, -0.05) is 29.6 Å². The highest BCUT2D eigenvalue weighted by atomic mass is 35.5. The number of aliphatic carboxylic acids is 1. The van der Waals surface area contributed by atoms with Crippen molar-refractivity contribution in [1.29, 1.82) is 0 Å². The molecule has 0 radical (unpaired) electrons. The molecule has 0 aromatic heterocycles. The number of nitrogens with zero attached hydrogens (tertiary/aromatic N) is 1. The molecular formula is C10H12ClNO3S2. The maximum Gasteiger partial charge on any atom is 0.323 e. The van der Waals surface area contributed by atoms with Gasteiger partial charge in [0, 0.05) is 5.88 Å². The summed E-state index contributed by atoms with van der Waals surface area (Å²) in [5.41, 5.74) is 0.913. The Morgan fingerprint density at radius 1 is 1.59 bits per heavy atom. The van der Waals surface area contributed by atoms with E-state index in [4.69, 9.17) is 28.9 Å². The molecule has 1 heterocycles. The van der Waals surface area contributed by atoms with E-state index in [1.165, 1.54) is 0 Å². The van der Waals surface area contributed by atoms with Gasteiger partial charge >= 0.3 is 5.97 Å². The molecule has 1 aliphatic rings. The minimum absolute atomic E-state index is 0.303. The van der Waals surface area contributed by atoms with E-state index in [0.29, 0.717) is 15.1 Å². The number of carboxylic acids is 1. The van der Waals surface area contributed by atoms with Gasteiger partial charge in [0.15, 0.2) is 0 Å². The van der Waals surface area contributed by atoms with Crippen molar-refractivity contribution in [3.63, 3.8) is 0 Å². The van der Waals surface area contributed by atoms with E-state index in [2.05, 4.69) is 0 Å². The number of allylic oxidation sites excluding steroid dienone is 1. The summed E-state index contributed by atoms with van der Waals surface area (Å²) in [6.45, 7) is 1.47. The first kappa shape index (κ1) is 14.5. The second-order valence-corrected chi connectivity index (χ2v) is 5.58. The summed E-state index contributed by atoms with van der Waals surface area (Å²) in [6.07, 6.45) is 1.51. The smallest absolute Gasteiger partial charge is 0.323 e. The third-order valence-corrected chi connectivity index (χ3v) is 4.08. The quantitative estimate of drug-likeness (QED) is 0.478. The molecule has 0 spiro atoms. The normalized spacial score (nSPS) is 18.8. The van der Waals surface area contributed by atoms with Gasteiger partial charge in [-0.05, 0) is 19.8 Å². The monoisotopic (exact) mass is 293 g/mol. The zero-order chi connectivity index (χ0) is 13.0. The van der Waals surface area contributed by atoms with Crippen LogP contribution in [0.3, 0.4) is 0 Å². The second-order valence-electron chi connectivity index (χ2n) is 3.55. The third kappa shape index (κ3) is 3.69. The Labute approximate surface area is 114 Å². The fourth-order valence-corrected chi connectivity index (χ4v) is 2.82. The topological polar surface area (TPSA) is 57.6 Å². The van der Waals surface area contributed by atoms with Crippen LogP contribution >= 0.6 is 35.6 Å². The fourth-order valence-electron chi connectivity index (χ4n) is 1.38. The van der Waals surface area contributed by atoms with Crippen LogP contribution in [0.25, 0.3) is 0 Å². The average molecular weight is 294 g/mol. The highest BCUT2D eigenvalue weighted by Gasteiger charge is 2.34. The van der Waals surface area contributed by atoms with Crippen LogP contribution in [0.5, 0.6) is 0 Å². The number of thiocarbonyl (C=S) groups is 1. The summed E-state index contributed by atoms with van der Waals surface area (Å²) in [7, 11) is 0. The lowest BCUT2D eigenvalue weighted by atomic mass is 10.1. The van der Waals surface area contributed by atoms with Gasteiger partial charge in [-0.2, -0.15) is 0 Å². The number of alkyl halides is 1. The van der Waals surface area contributed by atoms with Gasteiger partial charge in [0.25, 0.3) is 5.91 Å². The Morgan fingerprint density at radius 2 is 2.24 bits per heavy atom. The van der Waals surface area contributed by atoms with Crippen LogP contribution in [0, 0.1) is 0 Å². The highest BCUT2D eigenvalue weighted by molar-refractivity contribution is 8.26. The first-order valence-corrected chi connectivity index (χ1v) is 6.74. The van der Waals surface area contributed by atoms with Crippen molar-refractivity contribution in [1.82, 2.24) is 4.90 Å². The van der Waals surface area contributed by atoms with E-state index in [9.17, 15) is 9.59 Å². The summed E-state index contributed by atoms with van der Waals surface area (Å²) < 4.78 is 0.303. The molecule has 0 aliphatic carbocycles. The van der Waals surface area contributed by atoms with Crippen LogP contribution in [0.4, 0.5) is 0 Å². The fraction of sp³-hybridized carbons (Fsp3) is 0.500. The van der Waals surface area contributed by atoms with E-state index < -0.39 is 5.97 Å². The molecule has 1 N–H and O–H groups in total. The minimum Gasteiger partial charge on any atom is -0.480 e. The number of carboxylic acid groups (broad SMARTS) is 1. The zero-order valence-corrected chi connectivity index (χ0v) is 11.6. The SMILES string of the molecule is C/C(CCCCl)=C1/SC(=S)N(CC(=O)O)C1=O. The van der Waals surface area contributed by atoms with Crippen molar-refractivity contribution in [2.75, 3.05) is 12.4 Å². The predicted molar refractivity (Wildman–Crippen MR) is 72.2 cm³/mol. The van der Waals surface area contributed by atoms with Gasteiger partial charge in [-0.25, -0.2) is 0 Å². The molecule has 1 amide bonds. The molecule has 94 valence electrons. The summed E-state index contributed by atoms with van der Waals surface area (Å²) in [4.78, 5) is 24.2. The maximum atomic E-state index is 11.9. The van der Waals surface area contributed by atoms with Gasteiger partial charge in [-0.3, -0.25) is 14.5 Å². The van der Waals surface area contributed by atoms with Crippen LogP contribution in [-0.2, 0) is 9.59 Å². The van der Waals surface area contributed by atoms with Gasteiger partial charge in [0.05, 0.1) is 4.91 Å². The largest absolute Gasteiger partial charge is 0.480 e. The summed E-state index contributed by atoms with van der Waals surface area (Å²) in [5.74, 6) is -0.845. The average Bonchev–Trinajstić information content (AvgIpc) is 2.53. The van der Waals surface area contributed by atoms with Gasteiger partial charge in [-0.15, -0.1) is 11.6 Å². The summed E-state index contributed by atoms with van der Waals surface area (Å²) in [6, 6.07) is 0. The molecule has 1 rings (SSSR count). The Hall–Kier alpha value is -0.590. The van der Waals surface area contributed by atoms with Crippen molar-refractivity contribution in [3.8, 4) is 0 Å². The number of carbonyl (C=O) groups is 2. The molecule has 1 saturated heterocycles. The number of halogens is 1. The first-order chi connectivity index (χ1) is 7.97. The number of amides is 1. The third-order valence-electron chi connectivity index (χ3n) is 2.22. The van der Waals surface area contributed by atoms with Crippen LogP contribution < -0.4 is 0 Å². The Bertz CT molecular complexity index is 395. The van der Waals surface area contributed by atoms with Gasteiger partial charge in [0.2, 0.25) is 0 Å². The van der Waals surface area contributed by atoms with E-state index >= 15 is 0 Å². The van der Waals surface area contributed by atoms with Crippen molar-refractivity contribution in [3.05, 3.63) is 10.5 Å². The van der Waals surface area contributed by atoms with Crippen molar-refractivity contribution >= 4 is 51.8 Å². The molecule has 0 aromatic carbocycles. The number of carbonyl (C=O) groups excluding carboxylic acids is 1. The molecule has 0 atom stereocenters. The Balaban J connectivity index is 2.83. The molecule has 1 fully saturated rings. The maximum absolute atomic E-state index is 11.9. The number of hydrogen-bond donors (Lipinski definition) is 1. The molecule has 0 aromatic rings. The van der Waals surface area contributed by atoms with Crippen molar-refractivity contribution < 1.29 is 14.7 Å².